The molecule has 0 radical (unpaired) electrons. The van der Waals surface area contributed by atoms with Gasteiger partial charge in [0, 0.05) is 23.5 Å². The van der Waals surface area contributed by atoms with Crippen molar-refractivity contribution in [3.8, 4) is 5.75 Å². The molecule has 116 valence electrons. The summed E-state index contributed by atoms with van der Waals surface area (Å²) in [7, 11) is 0. The molecule has 2 aromatic carbocycles. The SMILES string of the molecule is O=C1CCC(c2c[nH]c3ccc(OCc4ccccc4)cc23)N1. The number of aromatic amines is 1. The van der Waals surface area contributed by atoms with Gasteiger partial charge in [0.25, 0.3) is 0 Å². The van der Waals surface area contributed by atoms with Crippen molar-refractivity contribution in [3.63, 3.8) is 0 Å². The predicted molar refractivity (Wildman–Crippen MR) is 89.2 cm³/mol. The molecule has 4 heteroatoms. The Morgan fingerprint density at radius 2 is 2.00 bits per heavy atom. The van der Waals surface area contributed by atoms with E-state index in [0.717, 1.165) is 34.2 Å². The third-order valence-corrected chi connectivity index (χ3v) is 4.30. The first-order chi connectivity index (χ1) is 11.3. The van der Waals surface area contributed by atoms with Gasteiger partial charge in [-0.3, -0.25) is 4.79 Å². The monoisotopic (exact) mass is 306 g/mol. The van der Waals surface area contributed by atoms with E-state index in [2.05, 4.69) is 16.4 Å². The van der Waals surface area contributed by atoms with Gasteiger partial charge in [-0.1, -0.05) is 30.3 Å². The van der Waals surface area contributed by atoms with E-state index in [1.54, 1.807) is 0 Å². The van der Waals surface area contributed by atoms with E-state index in [1.807, 2.05) is 48.7 Å². The van der Waals surface area contributed by atoms with Crippen LogP contribution in [0.2, 0.25) is 0 Å². The Labute approximate surface area is 134 Å². The molecule has 1 aliphatic rings. The fourth-order valence-corrected chi connectivity index (χ4v) is 3.09. The molecule has 2 heterocycles. The first kappa shape index (κ1) is 13.9. The maximum absolute atomic E-state index is 11.5. The quantitative estimate of drug-likeness (QED) is 0.772. The topological polar surface area (TPSA) is 54.1 Å². The summed E-state index contributed by atoms with van der Waals surface area (Å²) in [5, 5.41) is 4.14. The maximum atomic E-state index is 11.5. The summed E-state index contributed by atoms with van der Waals surface area (Å²) in [6, 6.07) is 16.3. The Morgan fingerprint density at radius 3 is 2.78 bits per heavy atom. The zero-order valence-corrected chi connectivity index (χ0v) is 12.7. The van der Waals surface area contributed by atoms with Crippen molar-refractivity contribution in [1.29, 1.82) is 0 Å². The number of benzene rings is 2. The molecule has 0 spiro atoms. The number of aromatic nitrogens is 1. The van der Waals surface area contributed by atoms with Crippen LogP contribution in [-0.2, 0) is 11.4 Å². The van der Waals surface area contributed by atoms with Crippen LogP contribution in [0.4, 0.5) is 0 Å². The van der Waals surface area contributed by atoms with Gasteiger partial charge >= 0.3 is 0 Å². The highest BCUT2D eigenvalue weighted by Crippen LogP contribution is 2.32. The average Bonchev–Trinajstić information content (AvgIpc) is 3.19. The molecule has 4 nitrogen and oxygen atoms in total. The number of hydrogen-bond donors (Lipinski definition) is 2. The van der Waals surface area contributed by atoms with Crippen molar-refractivity contribution in [2.75, 3.05) is 0 Å². The van der Waals surface area contributed by atoms with Gasteiger partial charge in [-0.05, 0) is 35.7 Å². The summed E-state index contributed by atoms with van der Waals surface area (Å²) in [4.78, 5) is 14.7. The minimum atomic E-state index is 0.0978. The predicted octanol–water partition coefficient (Wildman–Crippen LogP) is 3.70. The van der Waals surface area contributed by atoms with Crippen molar-refractivity contribution in [3.05, 3.63) is 65.9 Å². The third-order valence-electron chi connectivity index (χ3n) is 4.30. The van der Waals surface area contributed by atoms with Gasteiger partial charge in [0.15, 0.2) is 0 Å². The molecular weight excluding hydrogens is 288 g/mol. The molecule has 1 aromatic heterocycles. The van der Waals surface area contributed by atoms with Crippen LogP contribution >= 0.6 is 0 Å². The van der Waals surface area contributed by atoms with Gasteiger partial charge in [-0.15, -0.1) is 0 Å². The molecular formula is C19H18N2O2. The molecule has 0 saturated carbocycles. The van der Waals surface area contributed by atoms with E-state index in [4.69, 9.17) is 4.74 Å². The lowest BCUT2D eigenvalue weighted by Gasteiger charge is -2.10. The number of carbonyl (C=O) groups excluding carboxylic acids is 1. The highest BCUT2D eigenvalue weighted by Gasteiger charge is 2.24. The van der Waals surface area contributed by atoms with Gasteiger partial charge in [0.1, 0.15) is 12.4 Å². The second-order valence-corrected chi connectivity index (χ2v) is 5.88. The Hall–Kier alpha value is -2.75. The summed E-state index contributed by atoms with van der Waals surface area (Å²) in [6.45, 7) is 0.548. The number of rotatable bonds is 4. The summed E-state index contributed by atoms with van der Waals surface area (Å²) >= 11 is 0. The number of H-pyrrole nitrogens is 1. The van der Waals surface area contributed by atoms with Gasteiger partial charge in [-0.2, -0.15) is 0 Å². The Kier molecular flexibility index (Phi) is 3.50. The van der Waals surface area contributed by atoms with Gasteiger partial charge in [-0.25, -0.2) is 0 Å². The summed E-state index contributed by atoms with van der Waals surface area (Å²) in [5.74, 6) is 0.965. The van der Waals surface area contributed by atoms with Crippen LogP contribution in [0.25, 0.3) is 10.9 Å². The molecule has 0 bridgehead atoms. The Bertz CT molecular complexity index is 839. The zero-order valence-electron chi connectivity index (χ0n) is 12.7. The number of ether oxygens (including phenoxy) is 1. The zero-order chi connectivity index (χ0) is 15.6. The highest BCUT2D eigenvalue weighted by molar-refractivity contribution is 5.87. The van der Waals surface area contributed by atoms with Crippen molar-refractivity contribution in [1.82, 2.24) is 10.3 Å². The lowest BCUT2D eigenvalue weighted by molar-refractivity contribution is -0.119. The molecule has 1 unspecified atom stereocenters. The molecule has 1 amide bonds. The number of nitrogens with one attached hydrogen (secondary N) is 2. The Balaban J connectivity index is 1.58. The molecule has 1 atom stereocenters. The smallest absolute Gasteiger partial charge is 0.220 e. The van der Waals surface area contributed by atoms with Crippen molar-refractivity contribution in [2.24, 2.45) is 0 Å². The number of hydrogen-bond acceptors (Lipinski definition) is 2. The molecule has 1 saturated heterocycles. The number of carbonyl (C=O) groups is 1. The largest absolute Gasteiger partial charge is 0.489 e. The van der Waals surface area contributed by atoms with E-state index in [-0.39, 0.29) is 11.9 Å². The first-order valence-electron chi connectivity index (χ1n) is 7.87. The van der Waals surface area contributed by atoms with E-state index < -0.39 is 0 Å². The van der Waals surface area contributed by atoms with Crippen LogP contribution in [-0.4, -0.2) is 10.9 Å². The summed E-state index contributed by atoms with van der Waals surface area (Å²) in [5.41, 5.74) is 3.34. The van der Waals surface area contributed by atoms with Gasteiger partial charge in [0.05, 0.1) is 6.04 Å². The summed E-state index contributed by atoms with van der Waals surface area (Å²) in [6.07, 6.45) is 3.43. The molecule has 2 N–H and O–H groups in total. The second-order valence-electron chi connectivity index (χ2n) is 5.88. The normalized spacial score (nSPS) is 17.4. The van der Waals surface area contributed by atoms with Crippen LogP contribution < -0.4 is 10.1 Å². The molecule has 4 rings (SSSR count). The summed E-state index contributed by atoms with van der Waals surface area (Å²) < 4.78 is 5.91. The lowest BCUT2D eigenvalue weighted by Crippen LogP contribution is -2.17. The minimum Gasteiger partial charge on any atom is -0.489 e. The van der Waals surface area contributed by atoms with E-state index in [0.29, 0.717) is 13.0 Å². The lowest BCUT2D eigenvalue weighted by atomic mass is 10.0. The van der Waals surface area contributed by atoms with E-state index >= 15 is 0 Å². The van der Waals surface area contributed by atoms with E-state index in [9.17, 15) is 4.79 Å². The standard InChI is InChI=1S/C19H18N2O2/c22-19-9-8-18(21-19)16-11-20-17-7-6-14(10-15(16)17)23-12-13-4-2-1-3-5-13/h1-7,10-11,18,20H,8-9,12H2,(H,21,22). The second kappa shape index (κ2) is 5.80. The van der Waals surface area contributed by atoms with Crippen LogP contribution in [0.1, 0.15) is 30.0 Å². The van der Waals surface area contributed by atoms with Crippen molar-refractivity contribution in [2.45, 2.75) is 25.5 Å². The van der Waals surface area contributed by atoms with Gasteiger partial charge in [0.2, 0.25) is 5.91 Å². The first-order valence-corrected chi connectivity index (χ1v) is 7.87. The van der Waals surface area contributed by atoms with Crippen molar-refractivity contribution >= 4 is 16.8 Å². The van der Waals surface area contributed by atoms with Gasteiger partial charge < -0.3 is 15.0 Å². The maximum Gasteiger partial charge on any atom is 0.220 e. The highest BCUT2D eigenvalue weighted by atomic mass is 16.5. The minimum absolute atomic E-state index is 0.0978. The molecule has 23 heavy (non-hydrogen) atoms. The molecule has 1 fully saturated rings. The van der Waals surface area contributed by atoms with Crippen LogP contribution in [0.5, 0.6) is 5.75 Å². The number of fused-ring (bicyclic) bond motifs is 1. The van der Waals surface area contributed by atoms with Crippen LogP contribution in [0.3, 0.4) is 0 Å². The van der Waals surface area contributed by atoms with E-state index in [1.165, 1.54) is 0 Å². The molecule has 0 aliphatic carbocycles. The fourth-order valence-electron chi connectivity index (χ4n) is 3.09. The fraction of sp³-hybridized carbons (Fsp3) is 0.211. The Morgan fingerprint density at radius 1 is 1.13 bits per heavy atom. The average molecular weight is 306 g/mol. The third kappa shape index (κ3) is 2.80. The number of amides is 1. The van der Waals surface area contributed by atoms with Crippen LogP contribution in [0.15, 0.2) is 54.7 Å². The van der Waals surface area contributed by atoms with Crippen molar-refractivity contribution < 1.29 is 9.53 Å². The van der Waals surface area contributed by atoms with Crippen LogP contribution in [0, 0.1) is 0 Å². The molecule has 3 aromatic rings. The molecule has 1 aliphatic heterocycles.